The zero-order chi connectivity index (χ0) is 98.7. The SMILES string of the molecule is CC(C)C[C@H](CC(=O)[C@@H]1Cc2ccccc2CN1C(=O)[C@@H](Cc1ccccc1)NC(=O)OC(C)(C)C)C(=O)N[C@H](CCCCNC(=O)OC(C)(C)C)C(=O)O.COC(=O)C1(C)CCN(C(=O)[C@@H](CCCCNC(=O)OC(C)(C)C)NC(=O)[C@@H](CC(=O)[C@@H]2Cc3ccccc3CN2C(=O)[C@H](C)Cc2ccccc2)CC(C)C)C1.COC(=O)C1(NC(=O)OC(C)(C)C)CCNC1.[2H]CF. The Morgan fingerprint density at radius 2 is 0.908 bits per heavy atom. The lowest BCUT2D eigenvalue weighted by atomic mass is 9.84. The molecule has 2 unspecified atom stereocenters. The van der Waals surface area contributed by atoms with E-state index in [0.29, 0.717) is 96.9 Å². The van der Waals surface area contributed by atoms with E-state index in [4.69, 9.17) is 29.8 Å². The Bertz CT molecular complexity index is 4470. The molecule has 31 nitrogen and oxygen atoms in total. The molecule has 0 aliphatic carbocycles. The van der Waals surface area contributed by atoms with Gasteiger partial charge in [-0.1, -0.05) is 144 Å². The van der Waals surface area contributed by atoms with Gasteiger partial charge in [0.15, 0.2) is 17.1 Å². The first-order valence-corrected chi connectivity index (χ1v) is 45.5. The van der Waals surface area contributed by atoms with Crippen LogP contribution in [0.2, 0.25) is 0 Å². The van der Waals surface area contributed by atoms with Crippen molar-refractivity contribution in [3.63, 3.8) is 0 Å². The van der Waals surface area contributed by atoms with E-state index in [1.165, 1.54) is 19.1 Å². The molecule has 10 atom stereocenters. The zero-order valence-electron chi connectivity index (χ0n) is 81.7. The molecule has 0 saturated carbocycles. The Morgan fingerprint density at radius 1 is 0.504 bits per heavy atom. The standard InChI is InChI=1S/C45H64N4O8.C42H60N4O9.C11H20N2O4.CH3F/c1-30(2)24-35(27-38(50)37-26-33-18-12-13-19-34(33)28-49(37)40(52)31(3)25-32-16-10-9-11-17-32)39(51)47-36(20-14-15-22-46-43(55)57-44(4,5)6)41(53)48-23-21-45(7,29-48)42(54)56-8;1-27(2)22-31(36(48)44-32(38(50)51)20-14-15-21-43-39(52)54-41(3,4)5)25-35(47)34-24-29-18-12-13-19-30(29)26-46(34)37(49)33(23-28-16-10-9-11-17-28)45-40(53)55-42(6,7)8;1-10(2,3)17-9(15)13-11(8(14)16-4)5-6-12-7-11;1-2/h9-13,16-19,30-31,35-37H,14-15,20-29H2,1-8H3,(H,46,55)(H,47,51);9-13,16-19,27,31-34H,14-15,20-26H2,1-8H3,(H,43,52)(H,44,48)(H,45,53)(H,50,51);12H,5-7H2,1-4H3,(H,13,15);1H3/t31-,35-,36-,37+,45?;31-,32-,33-,34+;;/m11../s1/i;;;1D. The van der Waals surface area contributed by atoms with Crippen molar-refractivity contribution in [1.29, 1.82) is 0 Å². The first-order chi connectivity index (χ1) is 61.8. The molecule has 0 spiro atoms. The van der Waals surface area contributed by atoms with E-state index in [1.54, 1.807) is 99.8 Å². The molecule has 131 heavy (non-hydrogen) atoms. The van der Waals surface area contributed by atoms with Gasteiger partial charge in [0, 0.05) is 95.7 Å². The number of unbranched alkanes of at least 4 members (excludes halogenated alkanes) is 2. The van der Waals surface area contributed by atoms with Crippen LogP contribution >= 0.6 is 0 Å². The van der Waals surface area contributed by atoms with Crippen molar-refractivity contribution in [2.75, 3.05) is 60.6 Å². The number of amides is 9. The van der Waals surface area contributed by atoms with Crippen LogP contribution in [0.15, 0.2) is 109 Å². The predicted molar refractivity (Wildman–Crippen MR) is 494 cm³/mol. The number of hydrogen-bond donors (Lipinski definition) is 8. The van der Waals surface area contributed by atoms with Crippen LogP contribution < -0.4 is 37.2 Å². The van der Waals surface area contributed by atoms with Crippen LogP contribution in [-0.2, 0) is 115 Å². The molecule has 0 bridgehead atoms. The van der Waals surface area contributed by atoms with Gasteiger partial charge in [0.25, 0.3) is 0 Å². The summed E-state index contributed by atoms with van der Waals surface area (Å²) >= 11 is 0. The van der Waals surface area contributed by atoms with Crippen LogP contribution in [0.25, 0.3) is 0 Å². The summed E-state index contributed by atoms with van der Waals surface area (Å²) in [6.07, 6.45) is 2.48. The summed E-state index contributed by atoms with van der Waals surface area (Å²) < 4.78 is 46.4. The second-order valence-electron chi connectivity index (χ2n) is 39.4. The normalized spacial score (nSPS) is 18.5. The molecular formula is C99H147FN10O21. The summed E-state index contributed by atoms with van der Waals surface area (Å²) in [5.74, 6) is -6.27. The number of ether oxygens (including phenoxy) is 6. The van der Waals surface area contributed by atoms with Gasteiger partial charge in [-0.05, 0) is 212 Å². The third-order valence-electron chi connectivity index (χ3n) is 22.4. The lowest BCUT2D eigenvalue weighted by molar-refractivity contribution is -0.151. The summed E-state index contributed by atoms with van der Waals surface area (Å²) in [4.78, 5) is 190. The Kier molecular flexibility index (Phi) is 42.9. The quantitative estimate of drug-likeness (QED) is 0.0119. The van der Waals surface area contributed by atoms with Crippen molar-refractivity contribution < 1.29 is 106 Å². The number of alkyl carbamates (subject to hydrolysis) is 4. The number of likely N-dealkylation sites (tertiary alicyclic amines) is 1. The number of nitrogens with one attached hydrogen (secondary N) is 7. The van der Waals surface area contributed by atoms with E-state index >= 15 is 0 Å². The monoisotopic (exact) mass is 1830 g/mol. The number of alkyl halides is 1. The number of benzene rings is 4. The van der Waals surface area contributed by atoms with Gasteiger partial charge in [0.1, 0.15) is 40.5 Å². The summed E-state index contributed by atoms with van der Waals surface area (Å²) in [5.41, 5.74) is 1.10. The van der Waals surface area contributed by atoms with Crippen LogP contribution in [0, 0.1) is 35.0 Å². The van der Waals surface area contributed by atoms with Crippen molar-refractivity contribution >= 4 is 83.4 Å². The van der Waals surface area contributed by atoms with Gasteiger partial charge in [-0.25, -0.2) is 28.8 Å². The molecule has 4 aromatic rings. The van der Waals surface area contributed by atoms with Crippen molar-refractivity contribution in [3.8, 4) is 0 Å². The molecular weight excluding hydrogens is 1680 g/mol. The first-order valence-electron chi connectivity index (χ1n) is 46.2. The highest BCUT2D eigenvalue weighted by atomic mass is 19.1. The molecule has 0 aromatic heterocycles. The maximum atomic E-state index is 14.5. The highest BCUT2D eigenvalue weighted by molar-refractivity contribution is 5.97. The minimum atomic E-state index is -1.20. The lowest BCUT2D eigenvalue weighted by Crippen LogP contribution is -2.57. The first kappa shape index (κ1) is 109. The number of methoxy groups -OCH3 is 2. The smallest absolute Gasteiger partial charge is 0.408 e. The summed E-state index contributed by atoms with van der Waals surface area (Å²) in [5, 5.41) is 29.4. The maximum absolute atomic E-state index is 14.5. The van der Waals surface area contributed by atoms with Crippen LogP contribution in [0.1, 0.15) is 236 Å². The van der Waals surface area contributed by atoms with Gasteiger partial charge in [-0.3, -0.25) is 42.7 Å². The number of carboxylic acid groups (broad SMARTS) is 1. The molecule has 32 heteroatoms. The van der Waals surface area contributed by atoms with E-state index in [0.717, 1.165) is 33.4 Å². The summed E-state index contributed by atoms with van der Waals surface area (Å²) in [6.45, 7) is 35.1. The molecule has 9 amide bonds. The number of carbonyl (C=O) groups is 14. The van der Waals surface area contributed by atoms with Crippen molar-refractivity contribution in [2.45, 2.75) is 299 Å². The average molecular weight is 1830 g/mol. The molecule has 4 aromatic carbocycles. The fraction of sp³-hybridized carbons (Fsp3) is 0.616. The lowest BCUT2D eigenvalue weighted by Gasteiger charge is -2.38. The Hall–Kier alpha value is -11.1. The highest BCUT2D eigenvalue weighted by Gasteiger charge is 2.48. The second kappa shape index (κ2) is 51.7. The van der Waals surface area contributed by atoms with Gasteiger partial charge < -0.3 is 85.4 Å². The minimum absolute atomic E-state index is 0.00357. The summed E-state index contributed by atoms with van der Waals surface area (Å²) in [7, 11) is 1.63. The van der Waals surface area contributed by atoms with Crippen LogP contribution in [0.4, 0.5) is 23.6 Å². The second-order valence-corrected chi connectivity index (χ2v) is 39.4. The number of esters is 2. The molecule has 0 radical (unpaired) electrons. The van der Waals surface area contributed by atoms with Crippen LogP contribution in [0.5, 0.6) is 0 Å². The topological polar surface area (TPSA) is 409 Å². The van der Waals surface area contributed by atoms with E-state index in [1.807, 2.05) is 144 Å². The number of fused-ring (bicyclic) bond motifs is 2. The molecule has 8 rings (SSSR count). The molecule has 726 valence electrons. The van der Waals surface area contributed by atoms with E-state index in [9.17, 15) is 76.6 Å². The molecule has 4 aliphatic heterocycles. The number of halogens is 1. The Balaban J connectivity index is 0.000000386. The molecule has 4 heterocycles. The number of ketones is 2. The third-order valence-corrected chi connectivity index (χ3v) is 22.4. The van der Waals surface area contributed by atoms with E-state index in [2.05, 4.69) is 37.2 Å². The van der Waals surface area contributed by atoms with Gasteiger partial charge in [-0.2, -0.15) is 0 Å². The number of aliphatic carboxylic acids is 1. The number of rotatable bonds is 36. The maximum Gasteiger partial charge on any atom is 0.408 e. The fourth-order valence-electron chi connectivity index (χ4n) is 16.1. The van der Waals surface area contributed by atoms with Gasteiger partial charge in [-0.15, -0.1) is 0 Å². The molecule has 4 aliphatic rings. The number of carboxylic acids is 1. The van der Waals surface area contributed by atoms with Crippen molar-refractivity contribution in [1.82, 2.24) is 51.9 Å². The molecule has 2 saturated heterocycles. The third kappa shape index (κ3) is 37.6. The molecule has 2 fully saturated rings. The molecule has 8 N–H and O–H groups in total. The van der Waals surface area contributed by atoms with Crippen molar-refractivity contribution in [3.05, 3.63) is 143 Å². The number of nitrogens with zero attached hydrogens (tertiary/aromatic N) is 3. The number of Topliss-reactive ketones (excluding diaryl/α,β-unsaturated/α-hetero) is 2. The fourth-order valence-corrected chi connectivity index (χ4v) is 16.1. The zero-order valence-corrected chi connectivity index (χ0v) is 80.7. The average Bonchev–Trinajstić information content (AvgIpc) is 1.24. The van der Waals surface area contributed by atoms with E-state index in [-0.39, 0.29) is 99.3 Å². The number of carbonyl (C=O) groups excluding carboxylic acids is 13. The highest BCUT2D eigenvalue weighted by Crippen LogP contribution is 2.35. The van der Waals surface area contributed by atoms with Crippen LogP contribution in [0.3, 0.4) is 0 Å². The minimum Gasteiger partial charge on any atom is -0.480 e. The van der Waals surface area contributed by atoms with E-state index < -0.39 is 143 Å². The van der Waals surface area contributed by atoms with Gasteiger partial charge in [0.2, 0.25) is 29.5 Å². The van der Waals surface area contributed by atoms with Gasteiger partial charge >= 0.3 is 42.3 Å². The largest absolute Gasteiger partial charge is 0.480 e. The Morgan fingerprint density at radius 3 is 1.33 bits per heavy atom. The predicted octanol–water partition coefficient (Wildman–Crippen LogP) is 13.0. The number of hydrogen-bond acceptors (Lipinski definition) is 21. The Labute approximate surface area is 774 Å². The van der Waals surface area contributed by atoms with Gasteiger partial charge in [0.05, 0.1) is 40.2 Å². The van der Waals surface area contributed by atoms with Crippen molar-refractivity contribution in [2.24, 2.45) is 35.0 Å². The van der Waals surface area contributed by atoms with Crippen LogP contribution in [-0.4, -0.2) is 222 Å². The summed E-state index contributed by atoms with van der Waals surface area (Å²) in [6, 6.07) is 29.6.